The molecule has 1 amide bonds. The van der Waals surface area contributed by atoms with Crippen LogP contribution in [0.25, 0.3) is 0 Å². The molecule has 148 valence electrons. The zero-order valence-electron chi connectivity index (χ0n) is 15.1. The number of carboxylic acid groups (broad SMARTS) is 1. The molecule has 1 aromatic rings. The summed E-state index contributed by atoms with van der Waals surface area (Å²) in [7, 11) is 0. The van der Waals surface area contributed by atoms with Crippen LogP contribution in [-0.4, -0.2) is 55.7 Å². The Kier molecular flexibility index (Phi) is 5.88. The van der Waals surface area contributed by atoms with Crippen LogP contribution in [0.2, 0.25) is 0 Å². The second kappa shape index (κ2) is 7.63. The highest BCUT2D eigenvalue weighted by Gasteiger charge is 2.51. The molecule has 0 bridgehead atoms. The quantitative estimate of drug-likeness (QED) is 0.489. The molecular formula is C18H23NO8. The number of hydrogen-bond acceptors (Lipinski definition) is 7. The van der Waals surface area contributed by atoms with Crippen molar-refractivity contribution in [3.05, 3.63) is 29.8 Å². The minimum Gasteiger partial charge on any atom is -0.478 e. The Labute approximate surface area is 155 Å². The number of anilines is 1. The van der Waals surface area contributed by atoms with Crippen molar-refractivity contribution in [3.8, 4) is 0 Å². The first-order valence-corrected chi connectivity index (χ1v) is 8.51. The Balaban J connectivity index is 2.11. The monoisotopic (exact) mass is 381 g/mol. The van der Waals surface area contributed by atoms with Gasteiger partial charge in [0.1, 0.15) is 6.61 Å². The maximum absolute atomic E-state index is 12.0. The second-order valence-electron chi connectivity index (χ2n) is 6.55. The fourth-order valence-corrected chi connectivity index (χ4v) is 2.90. The summed E-state index contributed by atoms with van der Waals surface area (Å²) in [4.78, 5) is 36.1. The third kappa shape index (κ3) is 3.80. The van der Waals surface area contributed by atoms with Crippen LogP contribution in [0.5, 0.6) is 0 Å². The minimum atomic E-state index is -2.29. The van der Waals surface area contributed by atoms with Crippen molar-refractivity contribution in [2.45, 2.75) is 57.1 Å². The minimum absolute atomic E-state index is 0.0206. The number of aliphatic hydroxyl groups excluding tert-OH is 1. The first-order valence-electron chi connectivity index (χ1n) is 8.51. The van der Waals surface area contributed by atoms with E-state index < -0.39 is 35.3 Å². The predicted octanol–water partition coefficient (Wildman–Crippen LogP) is 0.152. The molecule has 1 aliphatic rings. The van der Waals surface area contributed by atoms with Crippen LogP contribution in [0.3, 0.4) is 0 Å². The summed E-state index contributed by atoms with van der Waals surface area (Å²) in [6.07, 6.45) is -1.62. The summed E-state index contributed by atoms with van der Waals surface area (Å²) in [6, 6.07) is 5.87. The highest BCUT2D eigenvalue weighted by atomic mass is 16.6. The summed E-state index contributed by atoms with van der Waals surface area (Å²) >= 11 is 0. The molecule has 2 rings (SSSR count). The summed E-state index contributed by atoms with van der Waals surface area (Å²) in [5.74, 6) is -2.98. The molecule has 1 heterocycles. The van der Waals surface area contributed by atoms with Crippen molar-refractivity contribution in [2.24, 2.45) is 0 Å². The van der Waals surface area contributed by atoms with Crippen LogP contribution in [0.1, 0.15) is 38.7 Å². The van der Waals surface area contributed by atoms with Crippen molar-refractivity contribution in [2.75, 3.05) is 4.90 Å². The predicted molar refractivity (Wildman–Crippen MR) is 92.5 cm³/mol. The van der Waals surface area contributed by atoms with Gasteiger partial charge in [-0.05, 0) is 31.0 Å². The average molecular weight is 381 g/mol. The van der Waals surface area contributed by atoms with E-state index in [1.54, 1.807) is 6.92 Å². The molecule has 9 nitrogen and oxygen atoms in total. The lowest BCUT2D eigenvalue weighted by atomic mass is 9.95. The van der Waals surface area contributed by atoms with Crippen molar-refractivity contribution in [3.63, 3.8) is 0 Å². The van der Waals surface area contributed by atoms with E-state index in [1.807, 2.05) is 0 Å². The largest absolute Gasteiger partial charge is 0.478 e. The maximum Gasteiger partial charge on any atom is 0.357 e. The number of carboxylic acids is 1. The average Bonchev–Trinajstić information content (AvgIpc) is 2.95. The first kappa shape index (κ1) is 20.8. The molecule has 0 aromatic heterocycles. The van der Waals surface area contributed by atoms with Crippen LogP contribution in [0.15, 0.2) is 24.3 Å². The Bertz CT molecular complexity index is 731. The fraction of sp³-hybridized carbons (Fsp3) is 0.500. The van der Waals surface area contributed by atoms with Crippen LogP contribution in [-0.2, 0) is 25.7 Å². The second-order valence-corrected chi connectivity index (χ2v) is 6.55. The topological polar surface area (TPSA) is 145 Å². The van der Waals surface area contributed by atoms with Crippen molar-refractivity contribution >= 4 is 23.5 Å². The molecule has 3 unspecified atom stereocenters. The Morgan fingerprint density at radius 2 is 1.93 bits per heavy atom. The zero-order valence-corrected chi connectivity index (χ0v) is 15.1. The van der Waals surface area contributed by atoms with Gasteiger partial charge in [0.05, 0.1) is 6.10 Å². The molecule has 1 aliphatic heterocycles. The lowest BCUT2D eigenvalue weighted by Crippen LogP contribution is -2.52. The van der Waals surface area contributed by atoms with E-state index in [0.29, 0.717) is 5.56 Å². The molecule has 0 aliphatic carbocycles. The van der Waals surface area contributed by atoms with Gasteiger partial charge in [-0.1, -0.05) is 19.1 Å². The number of aliphatic carboxylic acids is 1. The number of carbonyl (C=O) groups excluding carboxylic acids is 2. The number of amides is 1. The summed E-state index contributed by atoms with van der Waals surface area (Å²) in [5, 5.41) is 39.1. The van der Waals surface area contributed by atoms with Gasteiger partial charge in [-0.25, -0.2) is 9.59 Å². The van der Waals surface area contributed by atoms with Crippen LogP contribution >= 0.6 is 0 Å². The number of carbonyl (C=O) groups is 3. The number of benzene rings is 1. The smallest absolute Gasteiger partial charge is 0.357 e. The molecule has 0 saturated carbocycles. The van der Waals surface area contributed by atoms with Crippen LogP contribution in [0, 0.1) is 0 Å². The third-order valence-corrected chi connectivity index (χ3v) is 4.80. The molecule has 9 heteroatoms. The molecule has 0 spiro atoms. The van der Waals surface area contributed by atoms with E-state index in [2.05, 4.69) is 0 Å². The molecule has 1 saturated heterocycles. The number of rotatable bonds is 7. The Hall–Kier alpha value is -2.49. The van der Waals surface area contributed by atoms with Gasteiger partial charge in [0.25, 0.3) is 0 Å². The van der Waals surface area contributed by atoms with Gasteiger partial charge < -0.3 is 25.2 Å². The number of ether oxygens (including phenoxy) is 1. The molecular weight excluding hydrogens is 358 g/mol. The first-order chi connectivity index (χ1) is 12.6. The van der Waals surface area contributed by atoms with Crippen molar-refractivity contribution in [1.29, 1.82) is 0 Å². The van der Waals surface area contributed by atoms with Crippen molar-refractivity contribution in [1.82, 2.24) is 0 Å². The zero-order chi connectivity index (χ0) is 20.4. The van der Waals surface area contributed by atoms with E-state index in [0.717, 1.165) is 4.90 Å². The molecule has 4 N–H and O–H groups in total. The van der Waals surface area contributed by atoms with Gasteiger partial charge in [0.15, 0.2) is 5.60 Å². The third-order valence-electron chi connectivity index (χ3n) is 4.80. The molecule has 3 atom stereocenters. The van der Waals surface area contributed by atoms with Crippen LogP contribution in [0.4, 0.5) is 5.69 Å². The van der Waals surface area contributed by atoms with Gasteiger partial charge in [-0.3, -0.25) is 9.69 Å². The molecule has 1 fully saturated rings. The van der Waals surface area contributed by atoms with Gasteiger partial charge in [-0.2, -0.15) is 0 Å². The van der Waals surface area contributed by atoms with Crippen molar-refractivity contribution < 1.29 is 39.5 Å². The SMILES string of the molecule is CCC(O)(C(=O)OCc1ccc(N2C(=O)CCC2(O)C(=O)O)cc1)C(C)O. The van der Waals surface area contributed by atoms with E-state index in [-0.39, 0.29) is 31.6 Å². The highest BCUT2D eigenvalue weighted by molar-refractivity contribution is 6.03. The molecule has 0 radical (unpaired) electrons. The number of hydrogen-bond donors (Lipinski definition) is 4. The van der Waals surface area contributed by atoms with Gasteiger partial charge in [0, 0.05) is 18.5 Å². The number of aliphatic hydroxyl groups is 3. The standard InChI is InChI=1S/C18H23NO8/c1-3-17(25,11(2)20)16(24)27-10-12-4-6-13(7-5-12)19-14(21)8-9-18(19,26)15(22)23/h4-7,11,20,25-26H,3,8-10H2,1-2H3,(H,22,23). The van der Waals surface area contributed by atoms with E-state index in [9.17, 15) is 34.8 Å². The van der Waals surface area contributed by atoms with E-state index in [1.165, 1.54) is 31.2 Å². The van der Waals surface area contributed by atoms with E-state index in [4.69, 9.17) is 4.74 Å². The van der Waals surface area contributed by atoms with Gasteiger partial charge in [0.2, 0.25) is 11.6 Å². The Morgan fingerprint density at radius 3 is 2.41 bits per heavy atom. The summed E-state index contributed by atoms with van der Waals surface area (Å²) in [5.41, 5.74) is -3.58. The lowest BCUT2D eigenvalue weighted by molar-refractivity contribution is -0.179. The Morgan fingerprint density at radius 1 is 1.33 bits per heavy atom. The lowest BCUT2D eigenvalue weighted by Gasteiger charge is -2.29. The fourth-order valence-electron chi connectivity index (χ4n) is 2.90. The summed E-state index contributed by atoms with van der Waals surface area (Å²) in [6.45, 7) is 2.64. The van der Waals surface area contributed by atoms with E-state index >= 15 is 0 Å². The summed E-state index contributed by atoms with van der Waals surface area (Å²) < 4.78 is 5.04. The van der Waals surface area contributed by atoms with Gasteiger partial charge >= 0.3 is 11.9 Å². The normalized spacial score (nSPS) is 23.0. The highest BCUT2D eigenvalue weighted by Crippen LogP contribution is 2.33. The van der Waals surface area contributed by atoms with Crippen LogP contribution < -0.4 is 4.90 Å². The molecule has 27 heavy (non-hydrogen) atoms. The maximum atomic E-state index is 12.0. The number of esters is 1. The molecule has 1 aromatic carbocycles. The van der Waals surface area contributed by atoms with Gasteiger partial charge in [-0.15, -0.1) is 0 Å². The number of nitrogens with zero attached hydrogens (tertiary/aromatic N) is 1.